The molecule has 1 heterocycles. The van der Waals surface area contributed by atoms with Crippen molar-refractivity contribution in [2.75, 3.05) is 20.2 Å². The molecule has 8 heteroatoms. The van der Waals surface area contributed by atoms with Crippen LogP contribution in [0.3, 0.4) is 0 Å². The van der Waals surface area contributed by atoms with Gasteiger partial charge in [-0.25, -0.2) is 4.39 Å². The molecular formula is C17H25FIN5O. The minimum absolute atomic E-state index is 0. The van der Waals surface area contributed by atoms with E-state index in [1.165, 1.54) is 6.07 Å². The Morgan fingerprint density at radius 2 is 2.20 bits per heavy atom. The summed E-state index contributed by atoms with van der Waals surface area (Å²) in [6.45, 7) is 4.39. The van der Waals surface area contributed by atoms with E-state index in [9.17, 15) is 4.39 Å². The Hall–Kier alpha value is -1.84. The van der Waals surface area contributed by atoms with Crippen LogP contribution in [0.5, 0.6) is 5.75 Å². The first-order valence-electron chi connectivity index (χ1n) is 8.06. The van der Waals surface area contributed by atoms with E-state index in [4.69, 9.17) is 4.74 Å². The molecule has 0 aliphatic carbocycles. The highest BCUT2D eigenvalue weighted by molar-refractivity contribution is 14.0. The molecule has 0 atom stereocenters. The van der Waals surface area contributed by atoms with Gasteiger partial charge >= 0.3 is 0 Å². The maximum absolute atomic E-state index is 13.8. The van der Waals surface area contributed by atoms with Gasteiger partial charge in [0.05, 0.1) is 6.61 Å². The van der Waals surface area contributed by atoms with Crippen molar-refractivity contribution >= 4 is 29.9 Å². The Kier molecular flexibility index (Phi) is 9.90. The van der Waals surface area contributed by atoms with Gasteiger partial charge in [-0.1, -0.05) is 6.07 Å². The van der Waals surface area contributed by atoms with Crippen molar-refractivity contribution < 1.29 is 9.13 Å². The lowest BCUT2D eigenvalue weighted by Gasteiger charge is -2.12. The molecule has 1 aromatic heterocycles. The monoisotopic (exact) mass is 461 g/mol. The van der Waals surface area contributed by atoms with Crippen LogP contribution < -0.4 is 15.4 Å². The number of rotatable bonds is 8. The summed E-state index contributed by atoms with van der Waals surface area (Å²) >= 11 is 0. The third-order valence-electron chi connectivity index (χ3n) is 3.40. The fourth-order valence-electron chi connectivity index (χ4n) is 2.21. The Balaban J connectivity index is 0.00000312. The van der Waals surface area contributed by atoms with E-state index in [2.05, 4.69) is 20.7 Å². The molecule has 0 saturated carbocycles. The minimum Gasteiger partial charge on any atom is -0.491 e. The van der Waals surface area contributed by atoms with E-state index < -0.39 is 0 Å². The summed E-state index contributed by atoms with van der Waals surface area (Å²) in [6, 6.07) is 6.87. The molecule has 0 aliphatic rings. The molecule has 1 aromatic carbocycles. The highest BCUT2D eigenvalue weighted by Crippen LogP contribution is 2.18. The van der Waals surface area contributed by atoms with Gasteiger partial charge in [0.1, 0.15) is 0 Å². The van der Waals surface area contributed by atoms with Crippen LogP contribution in [-0.4, -0.2) is 35.9 Å². The standard InChI is InChI=1S/C17H24FN5O.HI/c1-3-24-16-7-6-14(12-15(16)18)13-21-17(19-2)20-8-4-10-23-11-5-9-22-23;/h5-7,9,11-12H,3-4,8,10,13H2,1-2H3,(H2,19,20,21);1H. The predicted molar refractivity (Wildman–Crippen MR) is 108 cm³/mol. The lowest BCUT2D eigenvalue weighted by molar-refractivity contribution is 0.321. The second-order valence-corrected chi connectivity index (χ2v) is 5.17. The van der Waals surface area contributed by atoms with Crippen molar-refractivity contribution in [3.63, 3.8) is 0 Å². The number of guanidine groups is 1. The van der Waals surface area contributed by atoms with Gasteiger partial charge in [0.25, 0.3) is 0 Å². The predicted octanol–water partition coefficient (Wildman–Crippen LogP) is 2.79. The highest BCUT2D eigenvalue weighted by Gasteiger charge is 2.05. The molecule has 2 N–H and O–H groups in total. The van der Waals surface area contributed by atoms with Gasteiger partial charge in [0.15, 0.2) is 17.5 Å². The average molecular weight is 461 g/mol. The molecule has 0 amide bonds. The van der Waals surface area contributed by atoms with E-state index in [0.717, 1.165) is 25.1 Å². The lowest BCUT2D eigenvalue weighted by atomic mass is 10.2. The summed E-state index contributed by atoms with van der Waals surface area (Å²) in [5.41, 5.74) is 0.829. The summed E-state index contributed by atoms with van der Waals surface area (Å²) in [7, 11) is 1.71. The highest BCUT2D eigenvalue weighted by atomic mass is 127. The first-order chi connectivity index (χ1) is 11.7. The molecule has 0 unspecified atom stereocenters. The number of hydrogen-bond donors (Lipinski definition) is 2. The Bertz CT molecular complexity index is 648. The van der Waals surface area contributed by atoms with Crippen LogP contribution in [0.2, 0.25) is 0 Å². The van der Waals surface area contributed by atoms with E-state index in [0.29, 0.717) is 19.1 Å². The van der Waals surface area contributed by atoms with Crippen LogP contribution in [0.1, 0.15) is 18.9 Å². The molecule has 138 valence electrons. The van der Waals surface area contributed by atoms with Crippen LogP contribution in [0, 0.1) is 5.82 Å². The van der Waals surface area contributed by atoms with Gasteiger partial charge in [0, 0.05) is 39.1 Å². The maximum atomic E-state index is 13.8. The number of aromatic nitrogens is 2. The zero-order valence-corrected chi connectivity index (χ0v) is 16.9. The molecule has 25 heavy (non-hydrogen) atoms. The number of ether oxygens (including phenoxy) is 1. The lowest BCUT2D eigenvalue weighted by Crippen LogP contribution is -2.37. The summed E-state index contributed by atoms with van der Waals surface area (Å²) in [5.74, 6) is 0.616. The van der Waals surface area contributed by atoms with Crippen LogP contribution in [-0.2, 0) is 13.1 Å². The smallest absolute Gasteiger partial charge is 0.191 e. The number of benzene rings is 1. The summed E-state index contributed by atoms with van der Waals surface area (Å²) in [6.07, 6.45) is 4.64. The molecule has 2 aromatic rings. The first-order valence-corrected chi connectivity index (χ1v) is 8.06. The van der Waals surface area contributed by atoms with Gasteiger partial charge in [-0.15, -0.1) is 24.0 Å². The largest absolute Gasteiger partial charge is 0.491 e. The number of aryl methyl sites for hydroxylation is 1. The van der Waals surface area contributed by atoms with E-state index in [-0.39, 0.29) is 35.5 Å². The fourth-order valence-corrected chi connectivity index (χ4v) is 2.21. The van der Waals surface area contributed by atoms with Crippen molar-refractivity contribution in [1.82, 2.24) is 20.4 Å². The number of hydrogen-bond acceptors (Lipinski definition) is 3. The summed E-state index contributed by atoms with van der Waals surface area (Å²) in [5, 5.41) is 10.5. The molecule has 0 spiro atoms. The molecule has 6 nitrogen and oxygen atoms in total. The van der Waals surface area contributed by atoms with Crippen LogP contribution in [0.15, 0.2) is 41.7 Å². The van der Waals surface area contributed by atoms with Crippen molar-refractivity contribution in [2.45, 2.75) is 26.4 Å². The second kappa shape index (κ2) is 11.7. The topological polar surface area (TPSA) is 63.5 Å². The van der Waals surface area contributed by atoms with Gasteiger partial charge in [-0.05, 0) is 37.1 Å². The average Bonchev–Trinajstić information content (AvgIpc) is 3.10. The number of nitrogens with one attached hydrogen (secondary N) is 2. The molecule has 2 rings (SSSR count). The summed E-state index contributed by atoms with van der Waals surface area (Å²) < 4.78 is 20.9. The Morgan fingerprint density at radius 3 is 2.84 bits per heavy atom. The van der Waals surface area contributed by atoms with Gasteiger partial charge in [0.2, 0.25) is 0 Å². The molecule has 0 aliphatic heterocycles. The van der Waals surface area contributed by atoms with Crippen LogP contribution in [0.25, 0.3) is 0 Å². The molecule has 0 radical (unpaired) electrons. The third-order valence-corrected chi connectivity index (χ3v) is 3.40. The van der Waals surface area contributed by atoms with Crippen molar-refractivity contribution in [2.24, 2.45) is 4.99 Å². The SMILES string of the molecule is CCOc1ccc(CNC(=NC)NCCCn2cccn2)cc1F.I. The summed E-state index contributed by atoms with van der Waals surface area (Å²) in [4.78, 5) is 4.16. The molecule has 0 fully saturated rings. The van der Waals surface area contributed by atoms with E-state index >= 15 is 0 Å². The zero-order chi connectivity index (χ0) is 17.2. The van der Waals surface area contributed by atoms with E-state index in [1.807, 2.05) is 29.9 Å². The minimum atomic E-state index is -0.349. The third kappa shape index (κ3) is 7.29. The number of nitrogens with zero attached hydrogens (tertiary/aromatic N) is 3. The van der Waals surface area contributed by atoms with E-state index in [1.54, 1.807) is 19.3 Å². The van der Waals surface area contributed by atoms with Gasteiger partial charge in [-0.3, -0.25) is 9.67 Å². The second-order valence-electron chi connectivity index (χ2n) is 5.17. The van der Waals surface area contributed by atoms with Crippen LogP contribution in [0.4, 0.5) is 4.39 Å². The zero-order valence-electron chi connectivity index (χ0n) is 14.5. The molecule has 0 bridgehead atoms. The first kappa shape index (κ1) is 21.2. The van der Waals surface area contributed by atoms with Gasteiger partial charge in [-0.2, -0.15) is 5.10 Å². The van der Waals surface area contributed by atoms with Crippen LogP contribution >= 0.6 is 24.0 Å². The molecule has 0 saturated heterocycles. The Morgan fingerprint density at radius 1 is 1.36 bits per heavy atom. The quantitative estimate of drug-likeness (QED) is 0.275. The van der Waals surface area contributed by atoms with Crippen molar-refractivity contribution in [3.05, 3.63) is 48.0 Å². The normalized spacial score (nSPS) is 10.9. The number of halogens is 2. The fraction of sp³-hybridized carbons (Fsp3) is 0.412. The maximum Gasteiger partial charge on any atom is 0.191 e. The van der Waals surface area contributed by atoms with Gasteiger partial charge < -0.3 is 15.4 Å². The number of aliphatic imine (C=N–C) groups is 1. The Labute approximate surface area is 164 Å². The van der Waals surface area contributed by atoms with Crippen molar-refractivity contribution in [3.8, 4) is 5.75 Å². The van der Waals surface area contributed by atoms with Crippen molar-refractivity contribution in [1.29, 1.82) is 0 Å². The molecular weight excluding hydrogens is 436 g/mol.